The van der Waals surface area contributed by atoms with Crippen LogP contribution >= 0.6 is 0 Å². The first-order chi connectivity index (χ1) is 10.2. The number of carbonyl (C=O) groups excluding carboxylic acids is 1. The summed E-state index contributed by atoms with van der Waals surface area (Å²) in [5, 5.41) is 3.01. The van der Waals surface area contributed by atoms with Gasteiger partial charge in [0.2, 0.25) is 0 Å². The zero-order valence-electron chi connectivity index (χ0n) is 13.1. The molecule has 1 aromatic rings. The van der Waals surface area contributed by atoms with Crippen LogP contribution in [0.5, 0.6) is 5.75 Å². The van der Waals surface area contributed by atoms with E-state index in [1.165, 1.54) is 24.8 Å². The van der Waals surface area contributed by atoms with Crippen LogP contribution in [0.2, 0.25) is 0 Å². The minimum atomic E-state index is 0.0461. The summed E-state index contributed by atoms with van der Waals surface area (Å²) in [6.07, 6.45) is 6.89. The Morgan fingerprint density at radius 3 is 2.81 bits per heavy atom. The number of nitrogens with one attached hydrogen (secondary N) is 1. The van der Waals surface area contributed by atoms with E-state index in [1.807, 2.05) is 30.1 Å². The molecule has 4 heteroatoms. The Morgan fingerprint density at radius 1 is 1.33 bits per heavy atom. The number of benzene rings is 1. The Labute approximate surface area is 127 Å². The molecule has 116 valence electrons. The van der Waals surface area contributed by atoms with Crippen molar-refractivity contribution in [3.63, 3.8) is 0 Å². The Hall–Kier alpha value is -1.71. The number of methoxy groups -OCH3 is 1. The Bertz CT molecular complexity index is 456. The lowest BCUT2D eigenvalue weighted by Crippen LogP contribution is -2.44. The van der Waals surface area contributed by atoms with Crippen LogP contribution in [-0.2, 0) is 6.42 Å². The van der Waals surface area contributed by atoms with E-state index in [-0.39, 0.29) is 6.03 Å². The SMILES string of the molecule is COc1cccc(CCNC(=O)N(C)C2CCCCC2)c1. The Morgan fingerprint density at radius 2 is 2.10 bits per heavy atom. The standard InChI is InChI=1S/C17H26N2O2/c1-19(15-8-4-3-5-9-15)17(20)18-12-11-14-7-6-10-16(13-14)21-2/h6-7,10,13,15H,3-5,8-9,11-12H2,1-2H3,(H,18,20). The summed E-state index contributed by atoms with van der Waals surface area (Å²) in [4.78, 5) is 14.0. The van der Waals surface area contributed by atoms with Crippen LogP contribution < -0.4 is 10.1 Å². The highest BCUT2D eigenvalue weighted by Crippen LogP contribution is 2.21. The van der Waals surface area contributed by atoms with Crippen molar-refractivity contribution in [1.29, 1.82) is 0 Å². The van der Waals surface area contributed by atoms with Crippen LogP contribution in [0.15, 0.2) is 24.3 Å². The minimum absolute atomic E-state index is 0.0461. The van der Waals surface area contributed by atoms with E-state index < -0.39 is 0 Å². The number of ether oxygens (including phenoxy) is 1. The molecule has 0 bridgehead atoms. The molecule has 1 aliphatic carbocycles. The van der Waals surface area contributed by atoms with Crippen LogP contribution in [0.3, 0.4) is 0 Å². The molecule has 0 heterocycles. The lowest BCUT2D eigenvalue weighted by molar-refractivity contribution is 0.174. The predicted octanol–water partition coefficient (Wildman–Crippen LogP) is 3.21. The van der Waals surface area contributed by atoms with Crippen molar-refractivity contribution in [1.82, 2.24) is 10.2 Å². The highest BCUT2D eigenvalue weighted by molar-refractivity contribution is 5.74. The minimum Gasteiger partial charge on any atom is -0.497 e. The third-order valence-corrected chi connectivity index (χ3v) is 4.27. The van der Waals surface area contributed by atoms with Crippen molar-refractivity contribution in [2.75, 3.05) is 20.7 Å². The van der Waals surface area contributed by atoms with E-state index in [2.05, 4.69) is 11.4 Å². The second kappa shape index (κ2) is 7.91. The van der Waals surface area contributed by atoms with Crippen LogP contribution in [0, 0.1) is 0 Å². The Kier molecular flexibility index (Phi) is 5.90. The number of rotatable bonds is 5. The highest BCUT2D eigenvalue weighted by atomic mass is 16.5. The maximum absolute atomic E-state index is 12.1. The fourth-order valence-electron chi connectivity index (χ4n) is 2.90. The number of hydrogen-bond donors (Lipinski definition) is 1. The number of amides is 2. The normalized spacial score (nSPS) is 15.5. The summed E-state index contributed by atoms with van der Waals surface area (Å²) in [5.41, 5.74) is 1.18. The van der Waals surface area contributed by atoms with Gasteiger partial charge in [-0.05, 0) is 37.0 Å². The second-order valence-electron chi connectivity index (χ2n) is 5.74. The number of hydrogen-bond acceptors (Lipinski definition) is 2. The fraction of sp³-hybridized carbons (Fsp3) is 0.588. The van der Waals surface area contributed by atoms with Crippen molar-refractivity contribution in [3.05, 3.63) is 29.8 Å². The van der Waals surface area contributed by atoms with E-state index in [0.29, 0.717) is 12.6 Å². The smallest absolute Gasteiger partial charge is 0.317 e. The third kappa shape index (κ3) is 4.66. The first-order valence-corrected chi connectivity index (χ1v) is 7.84. The van der Waals surface area contributed by atoms with Crippen molar-refractivity contribution >= 4 is 6.03 Å². The maximum atomic E-state index is 12.1. The van der Waals surface area contributed by atoms with Crippen LogP contribution in [0.4, 0.5) is 4.79 Å². The van der Waals surface area contributed by atoms with E-state index in [9.17, 15) is 4.79 Å². The molecule has 1 aliphatic rings. The van der Waals surface area contributed by atoms with Gasteiger partial charge >= 0.3 is 6.03 Å². The van der Waals surface area contributed by atoms with Gasteiger partial charge in [0.15, 0.2) is 0 Å². The van der Waals surface area contributed by atoms with E-state index in [4.69, 9.17) is 4.74 Å². The van der Waals surface area contributed by atoms with Crippen molar-refractivity contribution in [2.45, 2.75) is 44.6 Å². The van der Waals surface area contributed by atoms with Gasteiger partial charge in [0.25, 0.3) is 0 Å². The molecule has 0 saturated heterocycles. The molecule has 2 amide bonds. The van der Waals surface area contributed by atoms with Gasteiger partial charge in [-0.15, -0.1) is 0 Å². The quantitative estimate of drug-likeness (QED) is 0.904. The van der Waals surface area contributed by atoms with Gasteiger partial charge in [0.05, 0.1) is 7.11 Å². The molecule has 1 aromatic carbocycles. The first kappa shape index (κ1) is 15.7. The first-order valence-electron chi connectivity index (χ1n) is 7.84. The monoisotopic (exact) mass is 290 g/mol. The van der Waals surface area contributed by atoms with Gasteiger partial charge in [-0.1, -0.05) is 31.4 Å². The summed E-state index contributed by atoms with van der Waals surface area (Å²) in [6.45, 7) is 0.656. The molecule has 2 rings (SSSR count). The molecule has 0 radical (unpaired) electrons. The largest absolute Gasteiger partial charge is 0.497 e. The van der Waals surface area contributed by atoms with Crippen molar-refractivity contribution in [3.8, 4) is 5.75 Å². The topological polar surface area (TPSA) is 41.6 Å². The van der Waals surface area contributed by atoms with E-state index in [1.54, 1.807) is 7.11 Å². The molecule has 0 spiro atoms. The number of urea groups is 1. The van der Waals surface area contributed by atoms with Crippen LogP contribution in [0.1, 0.15) is 37.7 Å². The highest BCUT2D eigenvalue weighted by Gasteiger charge is 2.21. The molecule has 0 aromatic heterocycles. The van der Waals surface area contributed by atoms with E-state index in [0.717, 1.165) is 25.0 Å². The fourth-order valence-corrected chi connectivity index (χ4v) is 2.90. The van der Waals surface area contributed by atoms with E-state index >= 15 is 0 Å². The summed E-state index contributed by atoms with van der Waals surface area (Å²) in [7, 11) is 3.58. The van der Waals surface area contributed by atoms with Crippen molar-refractivity contribution in [2.24, 2.45) is 0 Å². The lowest BCUT2D eigenvalue weighted by Gasteiger charge is -2.31. The molecule has 1 saturated carbocycles. The van der Waals surface area contributed by atoms with Gasteiger partial charge < -0.3 is 15.0 Å². The molecular formula is C17H26N2O2. The van der Waals surface area contributed by atoms with Gasteiger partial charge in [-0.2, -0.15) is 0 Å². The van der Waals surface area contributed by atoms with Crippen molar-refractivity contribution < 1.29 is 9.53 Å². The molecule has 4 nitrogen and oxygen atoms in total. The van der Waals surface area contributed by atoms with Crippen LogP contribution in [0.25, 0.3) is 0 Å². The zero-order valence-corrected chi connectivity index (χ0v) is 13.1. The summed E-state index contributed by atoms with van der Waals surface area (Å²) in [6, 6.07) is 8.43. The van der Waals surface area contributed by atoms with Crippen LogP contribution in [-0.4, -0.2) is 37.7 Å². The molecule has 21 heavy (non-hydrogen) atoms. The molecule has 0 unspecified atom stereocenters. The van der Waals surface area contributed by atoms with Gasteiger partial charge in [-0.25, -0.2) is 4.79 Å². The molecular weight excluding hydrogens is 264 g/mol. The average Bonchev–Trinajstić information content (AvgIpc) is 2.55. The molecule has 0 aliphatic heterocycles. The summed E-state index contributed by atoms with van der Waals surface area (Å²) < 4.78 is 5.20. The summed E-state index contributed by atoms with van der Waals surface area (Å²) in [5.74, 6) is 0.859. The predicted molar refractivity (Wildman–Crippen MR) is 84.7 cm³/mol. The van der Waals surface area contributed by atoms with Gasteiger partial charge in [0.1, 0.15) is 5.75 Å². The molecule has 1 fully saturated rings. The van der Waals surface area contributed by atoms with Gasteiger partial charge in [-0.3, -0.25) is 0 Å². The average molecular weight is 290 g/mol. The molecule has 0 atom stereocenters. The lowest BCUT2D eigenvalue weighted by atomic mass is 9.95. The molecule has 1 N–H and O–H groups in total. The second-order valence-corrected chi connectivity index (χ2v) is 5.74. The Balaban J connectivity index is 1.75. The number of carbonyl (C=O) groups is 1. The number of nitrogens with zero attached hydrogens (tertiary/aromatic N) is 1. The third-order valence-electron chi connectivity index (χ3n) is 4.27. The maximum Gasteiger partial charge on any atom is 0.317 e. The summed E-state index contributed by atoms with van der Waals surface area (Å²) >= 11 is 0. The van der Waals surface area contributed by atoms with Gasteiger partial charge in [0, 0.05) is 19.6 Å². The zero-order chi connectivity index (χ0) is 15.1.